The van der Waals surface area contributed by atoms with Crippen molar-refractivity contribution < 1.29 is 29.3 Å². The number of aliphatic carboxylic acids is 1. The quantitative estimate of drug-likeness (QED) is 0.533. The van der Waals surface area contributed by atoms with Crippen LogP contribution in [-0.4, -0.2) is 54.7 Å². The Bertz CT molecular complexity index is 783. The molecule has 3 N–H and O–H groups in total. The molecule has 1 aliphatic rings. The van der Waals surface area contributed by atoms with Crippen molar-refractivity contribution in [2.24, 2.45) is 0 Å². The van der Waals surface area contributed by atoms with Crippen LogP contribution in [0.4, 0.5) is 4.79 Å². The molecular weight excluding hydrogens is 362 g/mol. The molecule has 150 valence electrons. The number of rotatable bonds is 10. The number of aliphatic hydroxyl groups is 1. The van der Waals surface area contributed by atoms with E-state index in [0.29, 0.717) is 0 Å². The third-order valence-electron chi connectivity index (χ3n) is 4.35. The molecule has 2 atom stereocenters. The molecular formula is C21H25NO6. The number of carbonyl (C=O) groups excluding carboxylic acids is 1. The molecule has 28 heavy (non-hydrogen) atoms. The van der Waals surface area contributed by atoms with Gasteiger partial charge in [0, 0.05) is 5.92 Å². The number of allylic oxidation sites excluding steroid dienone is 4. The van der Waals surface area contributed by atoms with Crippen LogP contribution in [0.3, 0.4) is 0 Å². The monoisotopic (exact) mass is 387 g/mol. The highest BCUT2D eigenvalue weighted by Gasteiger charge is 2.30. The highest BCUT2D eigenvalue weighted by Crippen LogP contribution is 2.43. The van der Waals surface area contributed by atoms with Gasteiger partial charge >= 0.3 is 12.1 Å². The molecule has 0 spiro atoms. The van der Waals surface area contributed by atoms with Crippen LogP contribution in [0.2, 0.25) is 0 Å². The summed E-state index contributed by atoms with van der Waals surface area (Å²) in [6, 6.07) is 6.57. The van der Waals surface area contributed by atoms with E-state index in [9.17, 15) is 9.59 Å². The molecule has 1 aromatic rings. The number of hydrogen-bond donors (Lipinski definition) is 3. The van der Waals surface area contributed by atoms with E-state index < -0.39 is 18.1 Å². The molecule has 0 saturated heterocycles. The lowest BCUT2D eigenvalue weighted by Crippen LogP contribution is -2.44. The van der Waals surface area contributed by atoms with Gasteiger partial charge in [-0.1, -0.05) is 49.1 Å². The first-order valence-electron chi connectivity index (χ1n) is 8.96. The summed E-state index contributed by atoms with van der Waals surface area (Å²) in [5.74, 6) is -1.41. The average molecular weight is 387 g/mol. The summed E-state index contributed by atoms with van der Waals surface area (Å²) in [6.45, 7) is 5.35. The van der Waals surface area contributed by atoms with Crippen molar-refractivity contribution in [1.82, 2.24) is 5.32 Å². The number of hydrogen-bond acceptors (Lipinski definition) is 5. The molecule has 0 fully saturated rings. The lowest BCUT2D eigenvalue weighted by molar-refractivity contribution is -0.141. The molecule has 0 saturated carbocycles. The molecule has 7 nitrogen and oxygen atoms in total. The highest BCUT2D eigenvalue weighted by molar-refractivity contribution is 5.86. The van der Waals surface area contributed by atoms with E-state index in [4.69, 9.17) is 19.7 Å². The van der Waals surface area contributed by atoms with E-state index >= 15 is 0 Å². The molecule has 0 bridgehead atoms. The topological polar surface area (TPSA) is 105 Å². The normalized spacial score (nSPS) is 16.7. The number of carboxylic acid groups (broad SMARTS) is 1. The predicted molar refractivity (Wildman–Crippen MR) is 105 cm³/mol. The van der Waals surface area contributed by atoms with Crippen molar-refractivity contribution in [3.63, 3.8) is 0 Å². The van der Waals surface area contributed by atoms with Crippen molar-refractivity contribution in [2.75, 3.05) is 26.4 Å². The fraction of sp³-hybridized carbons (Fsp3) is 0.333. The minimum Gasteiger partial charge on any atom is -0.480 e. The van der Waals surface area contributed by atoms with E-state index in [0.717, 1.165) is 22.3 Å². The number of benzene rings is 1. The Morgan fingerprint density at radius 3 is 2.75 bits per heavy atom. The van der Waals surface area contributed by atoms with Gasteiger partial charge in [-0.15, -0.1) is 0 Å². The number of fused-ring (bicyclic) bond motifs is 1. The maximum atomic E-state index is 12.1. The Balaban J connectivity index is 2.07. The largest absolute Gasteiger partial charge is 0.480 e. The second-order valence-corrected chi connectivity index (χ2v) is 6.15. The molecule has 1 amide bonds. The van der Waals surface area contributed by atoms with E-state index in [1.165, 1.54) is 0 Å². The molecule has 1 aromatic carbocycles. The Morgan fingerprint density at radius 1 is 1.36 bits per heavy atom. The van der Waals surface area contributed by atoms with Crippen molar-refractivity contribution in [3.05, 3.63) is 65.8 Å². The smallest absolute Gasteiger partial charge is 0.407 e. The Hall–Kier alpha value is -2.90. The number of amides is 1. The van der Waals surface area contributed by atoms with Gasteiger partial charge in [-0.25, -0.2) is 9.59 Å². The summed E-state index contributed by atoms with van der Waals surface area (Å²) in [5.41, 5.74) is 4.05. The number of aliphatic hydroxyl groups excluding tert-OH is 1. The SMILES string of the molecule is C=CC1=C(/C=C\C)C(COC(=O)NC(COCCO)C(=O)O)c2ccccc21. The van der Waals surface area contributed by atoms with Crippen LogP contribution in [0.15, 0.2) is 54.6 Å². The third-order valence-corrected chi connectivity index (χ3v) is 4.35. The first-order valence-corrected chi connectivity index (χ1v) is 8.96. The second-order valence-electron chi connectivity index (χ2n) is 6.15. The van der Waals surface area contributed by atoms with Crippen molar-refractivity contribution >= 4 is 17.6 Å². The summed E-state index contributed by atoms with van der Waals surface area (Å²) >= 11 is 0. The van der Waals surface area contributed by atoms with Crippen molar-refractivity contribution in [3.8, 4) is 0 Å². The highest BCUT2D eigenvalue weighted by atomic mass is 16.6. The number of nitrogens with one attached hydrogen (secondary N) is 1. The minimum atomic E-state index is -1.26. The van der Waals surface area contributed by atoms with Crippen LogP contribution >= 0.6 is 0 Å². The molecule has 0 radical (unpaired) electrons. The fourth-order valence-electron chi connectivity index (χ4n) is 3.13. The summed E-state index contributed by atoms with van der Waals surface area (Å²) in [7, 11) is 0. The maximum absolute atomic E-state index is 12.1. The number of carboxylic acids is 1. The zero-order valence-corrected chi connectivity index (χ0v) is 15.8. The maximum Gasteiger partial charge on any atom is 0.407 e. The molecule has 0 heterocycles. The van der Waals surface area contributed by atoms with Crippen molar-refractivity contribution in [1.29, 1.82) is 0 Å². The number of alkyl carbamates (subject to hydrolysis) is 1. The first kappa shape index (κ1) is 21.4. The van der Waals surface area contributed by atoms with Crippen LogP contribution in [0.25, 0.3) is 5.57 Å². The zero-order chi connectivity index (χ0) is 20.5. The Labute approximate surface area is 164 Å². The van der Waals surface area contributed by atoms with Gasteiger partial charge in [-0.2, -0.15) is 0 Å². The van der Waals surface area contributed by atoms with Crippen LogP contribution < -0.4 is 5.32 Å². The van der Waals surface area contributed by atoms with E-state index in [1.54, 1.807) is 6.08 Å². The van der Waals surface area contributed by atoms with Gasteiger partial charge < -0.3 is 25.0 Å². The van der Waals surface area contributed by atoms with Gasteiger partial charge in [0.25, 0.3) is 0 Å². The lowest BCUT2D eigenvalue weighted by Gasteiger charge is -2.18. The van der Waals surface area contributed by atoms with Crippen molar-refractivity contribution in [2.45, 2.75) is 18.9 Å². The molecule has 1 aliphatic carbocycles. The van der Waals surface area contributed by atoms with E-state index in [-0.39, 0.29) is 32.3 Å². The van der Waals surface area contributed by atoms with Crippen LogP contribution in [0, 0.1) is 0 Å². The fourth-order valence-corrected chi connectivity index (χ4v) is 3.13. The van der Waals surface area contributed by atoms with Crippen LogP contribution in [0.1, 0.15) is 24.0 Å². The summed E-state index contributed by atoms with van der Waals surface area (Å²) in [6.07, 6.45) is 4.82. The summed E-state index contributed by atoms with van der Waals surface area (Å²) < 4.78 is 10.3. The van der Waals surface area contributed by atoms with Gasteiger partial charge in [-0.3, -0.25) is 0 Å². The molecule has 0 aliphatic heterocycles. The average Bonchev–Trinajstić information content (AvgIpc) is 2.98. The number of ether oxygens (including phenoxy) is 2. The summed E-state index contributed by atoms with van der Waals surface area (Å²) in [5, 5.41) is 20.1. The molecule has 7 heteroatoms. The number of carbonyl (C=O) groups is 2. The lowest BCUT2D eigenvalue weighted by atomic mass is 9.96. The van der Waals surface area contributed by atoms with E-state index in [1.807, 2.05) is 43.3 Å². The van der Waals surface area contributed by atoms with E-state index in [2.05, 4.69) is 11.9 Å². The molecule has 2 rings (SSSR count). The predicted octanol–water partition coefficient (Wildman–Crippen LogP) is 2.49. The van der Waals surface area contributed by atoms with Gasteiger partial charge in [0.1, 0.15) is 6.61 Å². The first-order chi connectivity index (χ1) is 13.5. The second kappa shape index (κ2) is 10.4. The summed E-state index contributed by atoms with van der Waals surface area (Å²) in [4.78, 5) is 23.4. The Morgan fingerprint density at radius 2 is 2.11 bits per heavy atom. The van der Waals surface area contributed by atoms with Gasteiger partial charge in [0.2, 0.25) is 0 Å². The standard InChI is InChI=1S/C21H25NO6/c1-3-7-15-14(4-2)16-8-5-6-9-17(16)18(15)12-28-21(26)22-19(20(24)25)13-27-11-10-23/h3-9,18-19,23H,2,10-13H2,1H3,(H,22,26)(H,24,25)/b7-3-. The zero-order valence-electron chi connectivity index (χ0n) is 15.8. The molecule has 2 unspecified atom stereocenters. The molecule has 0 aromatic heterocycles. The van der Waals surface area contributed by atoms with Crippen LogP contribution in [-0.2, 0) is 14.3 Å². The minimum absolute atomic E-state index is 0.0127. The van der Waals surface area contributed by atoms with Gasteiger partial charge in [0.05, 0.1) is 19.8 Å². The van der Waals surface area contributed by atoms with Crippen LogP contribution in [0.5, 0.6) is 0 Å². The third kappa shape index (κ3) is 5.09. The Kier molecular flexibility index (Phi) is 7.98. The van der Waals surface area contributed by atoms with Gasteiger partial charge in [0.15, 0.2) is 6.04 Å². The van der Waals surface area contributed by atoms with Gasteiger partial charge in [-0.05, 0) is 29.2 Å².